The normalized spacial score (nSPS) is 11.3. The zero-order valence-corrected chi connectivity index (χ0v) is 12.1. The number of nitrogens with zero attached hydrogens (tertiary/aromatic N) is 3. The highest BCUT2D eigenvalue weighted by Gasteiger charge is 2.09. The molecule has 0 spiro atoms. The maximum Gasteiger partial charge on any atom is 0.212 e. The van der Waals surface area contributed by atoms with Crippen molar-refractivity contribution in [3.8, 4) is 11.3 Å². The van der Waals surface area contributed by atoms with Crippen LogP contribution in [0.5, 0.6) is 0 Å². The molecule has 2 aromatic heterocycles. The summed E-state index contributed by atoms with van der Waals surface area (Å²) in [4.78, 5) is 5.65. The SMILES string of the molecule is CCCCc1nn2cc(-c3ccc(C)cc3)nc2s1. The Morgan fingerprint density at radius 2 is 2.00 bits per heavy atom. The molecule has 0 aliphatic carbocycles. The van der Waals surface area contributed by atoms with Gasteiger partial charge in [0, 0.05) is 12.0 Å². The highest BCUT2D eigenvalue weighted by Crippen LogP contribution is 2.23. The van der Waals surface area contributed by atoms with Gasteiger partial charge in [0.15, 0.2) is 0 Å². The molecule has 0 fully saturated rings. The summed E-state index contributed by atoms with van der Waals surface area (Å²) in [5.74, 6) is 0. The van der Waals surface area contributed by atoms with Crippen molar-refractivity contribution in [3.05, 3.63) is 41.0 Å². The first kappa shape index (κ1) is 12.4. The molecule has 0 bridgehead atoms. The van der Waals surface area contributed by atoms with Crippen molar-refractivity contribution < 1.29 is 0 Å². The smallest absolute Gasteiger partial charge is 0.212 e. The first-order valence-corrected chi connectivity index (χ1v) is 7.50. The molecule has 0 aliphatic heterocycles. The number of aromatic nitrogens is 3. The summed E-state index contributed by atoms with van der Waals surface area (Å²) < 4.78 is 1.91. The van der Waals surface area contributed by atoms with Crippen LogP contribution in [-0.2, 0) is 6.42 Å². The Morgan fingerprint density at radius 3 is 2.68 bits per heavy atom. The number of imidazole rings is 1. The van der Waals surface area contributed by atoms with Crippen LogP contribution in [0.15, 0.2) is 30.5 Å². The summed E-state index contributed by atoms with van der Waals surface area (Å²) in [6.07, 6.45) is 5.48. The standard InChI is InChI=1S/C15H17N3S/c1-3-4-5-14-17-18-10-13(16-15(18)19-14)12-8-6-11(2)7-9-12/h6-10H,3-5H2,1-2H3. The average Bonchev–Trinajstić information content (AvgIpc) is 2.95. The van der Waals surface area contributed by atoms with E-state index >= 15 is 0 Å². The summed E-state index contributed by atoms with van der Waals surface area (Å²) in [5, 5.41) is 5.77. The molecule has 0 aliphatic rings. The minimum atomic E-state index is 0.988. The molecular weight excluding hydrogens is 254 g/mol. The Morgan fingerprint density at radius 1 is 1.21 bits per heavy atom. The first-order valence-electron chi connectivity index (χ1n) is 6.68. The van der Waals surface area contributed by atoms with Gasteiger partial charge in [0.1, 0.15) is 5.01 Å². The van der Waals surface area contributed by atoms with Crippen molar-refractivity contribution in [3.63, 3.8) is 0 Å². The molecule has 0 N–H and O–H groups in total. The van der Waals surface area contributed by atoms with Crippen LogP contribution in [0.2, 0.25) is 0 Å². The maximum absolute atomic E-state index is 4.66. The largest absolute Gasteiger partial charge is 0.217 e. The van der Waals surface area contributed by atoms with E-state index in [1.165, 1.54) is 23.4 Å². The molecule has 98 valence electrons. The predicted molar refractivity (Wildman–Crippen MR) is 79.6 cm³/mol. The Kier molecular flexibility index (Phi) is 3.34. The maximum atomic E-state index is 4.66. The predicted octanol–water partition coefficient (Wildman–Crippen LogP) is 4.11. The van der Waals surface area contributed by atoms with E-state index in [1.54, 1.807) is 11.3 Å². The van der Waals surface area contributed by atoms with Gasteiger partial charge >= 0.3 is 0 Å². The van der Waals surface area contributed by atoms with Gasteiger partial charge in [0.2, 0.25) is 4.96 Å². The van der Waals surface area contributed by atoms with Gasteiger partial charge in [-0.15, -0.1) is 0 Å². The second-order valence-electron chi connectivity index (χ2n) is 4.82. The molecular formula is C15H17N3S. The first-order chi connectivity index (χ1) is 9.26. The second-order valence-corrected chi connectivity index (χ2v) is 5.86. The number of rotatable bonds is 4. The summed E-state index contributed by atoms with van der Waals surface area (Å²) >= 11 is 1.70. The lowest BCUT2D eigenvalue weighted by atomic mass is 10.1. The zero-order chi connectivity index (χ0) is 13.2. The van der Waals surface area contributed by atoms with Crippen LogP contribution in [-0.4, -0.2) is 14.6 Å². The molecule has 0 amide bonds. The molecule has 0 saturated heterocycles. The number of hydrogen-bond acceptors (Lipinski definition) is 3. The van der Waals surface area contributed by atoms with Crippen molar-refractivity contribution >= 4 is 16.3 Å². The highest BCUT2D eigenvalue weighted by molar-refractivity contribution is 7.16. The molecule has 19 heavy (non-hydrogen) atoms. The molecule has 1 aromatic carbocycles. The number of hydrogen-bond donors (Lipinski definition) is 0. The number of benzene rings is 1. The van der Waals surface area contributed by atoms with Gasteiger partial charge in [-0.1, -0.05) is 54.5 Å². The third-order valence-electron chi connectivity index (χ3n) is 3.18. The summed E-state index contributed by atoms with van der Waals surface area (Å²) in [7, 11) is 0. The van der Waals surface area contributed by atoms with Gasteiger partial charge in [0.05, 0.1) is 11.9 Å². The van der Waals surface area contributed by atoms with E-state index in [4.69, 9.17) is 0 Å². The topological polar surface area (TPSA) is 30.2 Å². The molecule has 0 saturated carbocycles. The third kappa shape index (κ3) is 2.54. The molecule has 3 aromatic rings. The number of unbranched alkanes of at least 4 members (excludes halogenated alkanes) is 1. The van der Waals surface area contributed by atoms with Crippen LogP contribution in [0.25, 0.3) is 16.2 Å². The van der Waals surface area contributed by atoms with Crippen molar-refractivity contribution in [1.29, 1.82) is 0 Å². The summed E-state index contributed by atoms with van der Waals surface area (Å²) in [6.45, 7) is 4.30. The molecule has 2 heterocycles. The van der Waals surface area contributed by atoms with Gasteiger partial charge < -0.3 is 0 Å². The van der Waals surface area contributed by atoms with Crippen molar-refractivity contribution in [1.82, 2.24) is 14.6 Å². The van der Waals surface area contributed by atoms with E-state index < -0.39 is 0 Å². The Labute approximate surface area is 116 Å². The summed E-state index contributed by atoms with van der Waals surface area (Å²) in [6, 6.07) is 8.45. The molecule has 3 rings (SSSR count). The lowest BCUT2D eigenvalue weighted by molar-refractivity contribution is 0.770. The monoisotopic (exact) mass is 271 g/mol. The number of aryl methyl sites for hydroxylation is 2. The molecule has 0 unspecified atom stereocenters. The Hall–Kier alpha value is -1.68. The van der Waals surface area contributed by atoms with Crippen molar-refractivity contribution in [2.45, 2.75) is 33.1 Å². The van der Waals surface area contributed by atoms with Gasteiger partial charge in [-0.25, -0.2) is 9.50 Å². The molecule has 0 atom stereocenters. The Balaban J connectivity index is 1.90. The lowest BCUT2D eigenvalue weighted by Crippen LogP contribution is -1.86. The minimum Gasteiger partial charge on any atom is -0.217 e. The third-order valence-corrected chi connectivity index (χ3v) is 4.16. The van der Waals surface area contributed by atoms with Gasteiger partial charge in [0.25, 0.3) is 0 Å². The zero-order valence-electron chi connectivity index (χ0n) is 11.3. The summed E-state index contributed by atoms with van der Waals surface area (Å²) in [5.41, 5.74) is 3.42. The second kappa shape index (κ2) is 5.13. The highest BCUT2D eigenvalue weighted by atomic mass is 32.1. The number of fused-ring (bicyclic) bond motifs is 1. The lowest BCUT2D eigenvalue weighted by Gasteiger charge is -1.96. The fourth-order valence-corrected chi connectivity index (χ4v) is 2.95. The van der Waals surface area contributed by atoms with Crippen LogP contribution < -0.4 is 0 Å². The fraction of sp³-hybridized carbons (Fsp3) is 0.333. The average molecular weight is 271 g/mol. The van der Waals surface area contributed by atoms with Crippen LogP contribution in [0.1, 0.15) is 30.3 Å². The van der Waals surface area contributed by atoms with Crippen molar-refractivity contribution in [2.24, 2.45) is 0 Å². The van der Waals surface area contributed by atoms with E-state index in [1.807, 2.05) is 10.7 Å². The molecule has 3 nitrogen and oxygen atoms in total. The quantitative estimate of drug-likeness (QED) is 0.715. The van der Waals surface area contributed by atoms with Crippen LogP contribution in [0, 0.1) is 6.92 Å². The van der Waals surface area contributed by atoms with E-state index in [-0.39, 0.29) is 0 Å². The van der Waals surface area contributed by atoms with Gasteiger partial charge in [-0.05, 0) is 13.3 Å². The van der Waals surface area contributed by atoms with E-state index in [0.29, 0.717) is 0 Å². The fourth-order valence-electron chi connectivity index (χ4n) is 2.03. The van der Waals surface area contributed by atoms with Crippen molar-refractivity contribution in [2.75, 3.05) is 0 Å². The molecule has 4 heteroatoms. The van der Waals surface area contributed by atoms with Gasteiger partial charge in [-0.2, -0.15) is 5.10 Å². The van der Waals surface area contributed by atoms with Crippen LogP contribution in [0.4, 0.5) is 0 Å². The van der Waals surface area contributed by atoms with E-state index in [9.17, 15) is 0 Å². The van der Waals surface area contributed by atoms with Crippen LogP contribution >= 0.6 is 11.3 Å². The van der Waals surface area contributed by atoms with Gasteiger partial charge in [-0.3, -0.25) is 0 Å². The molecule has 0 radical (unpaired) electrons. The van der Waals surface area contributed by atoms with Crippen LogP contribution in [0.3, 0.4) is 0 Å². The van der Waals surface area contributed by atoms with E-state index in [0.717, 1.165) is 22.6 Å². The minimum absolute atomic E-state index is 0.988. The Bertz CT molecular complexity index is 648. The van der Waals surface area contributed by atoms with E-state index in [2.05, 4.69) is 48.2 Å².